The third-order valence-electron chi connectivity index (χ3n) is 8.55. The smallest absolute Gasteiger partial charge is 0.231 e. The van der Waals surface area contributed by atoms with Crippen molar-refractivity contribution in [2.75, 3.05) is 33.3 Å². The minimum atomic E-state index is -1.04. The van der Waals surface area contributed by atoms with Gasteiger partial charge >= 0.3 is 0 Å². The summed E-state index contributed by atoms with van der Waals surface area (Å²) in [7, 11) is 1.85. The number of nitrogens with zero attached hydrogens (tertiary/aromatic N) is 2. The van der Waals surface area contributed by atoms with Crippen molar-refractivity contribution < 1.29 is 19.1 Å². The first-order valence-electron chi connectivity index (χ1n) is 14.0. The van der Waals surface area contributed by atoms with Crippen LogP contribution >= 0.6 is 0 Å². The molecule has 2 aromatic carbocycles. The zero-order valence-corrected chi connectivity index (χ0v) is 24.0. The minimum Gasteiger partial charge on any atom is -0.376 e. The normalized spacial score (nSPS) is 22.4. The van der Waals surface area contributed by atoms with E-state index in [1.54, 1.807) is 18.7 Å². The van der Waals surface area contributed by atoms with Gasteiger partial charge in [0, 0.05) is 39.0 Å². The molecule has 0 radical (unpaired) electrons. The predicted molar refractivity (Wildman–Crippen MR) is 152 cm³/mol. The number of likely N-dealkylation sites (tertiary alicyclic amines) is 2. The third-order valence-corrected chi connectivity index (χ3v) is 8.55. The van der Waals surface area contributed by atoms with Crippen LogP contribution in [-0.2, 0) is 25.7 Å². The molecule has 39 heavy (non-hydrogen) atoms. The van der Waals surface area contributed by atoms with Crippen molar-refractivity contribution in [2.45, 2.75) is 65.0 Å². The van der Waals surface area contributed by atoms with Gasteiger partial charge in [0.2, 0.25) is 11.8 Å². The Balaban J connectivity index is 1.55. The number of hydrogen-bond acceptors (Lipinski definition) is 5. The summed E-state index contributed by atoms with van der Waals surface area (Å²) in [6.45, 7) is 9.43. The zero-order chi connectivity index (χ0) is 28.4. The van der Waals surface area contributed by atoms with Gasteiger partial charge < -0.3 is 20.3 Å². The second-order valence-corrected chi connectivity index (χ2v) is 12.2. The molecule has 2 fully saturated rings. The molecular weight excluding hydrogens is 490 g/mol. The molecule has 2 heterocycles. The molecule has 0 aromatic heterocycles. The van der Waals surface area contributed by atoms with E-state index in [4.69, 9.17) is 10.5 Å². The number of ketones is 1. The Hall–Kier alpha value is -3.03. The number of likely N-dealkylation sites (N-methyl/N-ethyl adjacent to an activating group) is 1. The maximum Gasteiger partial charge on any atom is 0.231 e. The van der Waals surface area contributed by atoms with Gasteiger partial charge in [0.1, 0.15) is 0 Å². The maximum atomic E-state index is 14.0. The van der Waals surface area contributed by atoms with Gasteiger partial charge in [-0.25, -0.2) is 0 Å². The summed E-state index contributed by atoms with van der Waals surface area (Å²) in [6.07, 6.45) is 1.48. The Morgan fingerprint density at radius 1 is 1.13 bits per heavy atom. The van der Waals surface area contributed by atoms with Crippen molar-refractivity contribution in [3.63, 3.8) is 0 Å². The van der Waals surface area contributed by atoms with Crippen molar-refractivity contribution >= 4 is 17.6 Å². The molecule has 0 bridgehead atoms. The SMILES string of the molecule is Cc1ccc(C2CN(C)C(=O)C23CCCN(C(=O)[C@@H](COCc2ccccc2C)CC(=O)C(C)(C)N)C3)cc1. The van der Waals surface area contributed by atoms with Crippen molar-refractivity contribution in [3.05, 3.63) is 70.8 Å². The first-order valence-corrected chi connectivity index (χ1v) is 14.0. The van der Waals surface area contributed by atoms with Gasteiger partial charge in [0.05, 0.1) is 30.1 Å². The molecule has 4 rings (SSSR count). The van der Waals surface area contributed by atoms with Crippen LogP contribution in [0, 0.1) is 25.2 Å². The van der Waals surface area contributed by atoms with Crippen molar-refractivity contribution in [1.82, 2.24) is 9.80 Å². The molecule has 2 aliphatic heterocycles. The molecule has 7 nitrogen and oxygen atoms in total. The molecule has 0 aliphatic carbocycles. The summed E-state index contributed by atoms with van der Waals surface area (Å²) in [5.41, 5.74) is 8.86. The lowest BCUT2D eigenvalue weighted by atomic mass is 9.68. The first kappa shape index (κ1) is 29.0. The van der Waals surface area contributed by atoms with Crippen LogP contribution in [0.3, 0.4) is 0 Å². The first-order chi connectivity index (χ1) is 18.4. The number of benzene rings is 2. The maximum absolute atomic E-state index is 14.0. The van der Waals surface area contributed by atoms with Crippen LogP contribution < -0.4 is 5.73 Å². The fourth-order valence-electron chi connectivity index (χ4n) is 6.06. The Morgan fingerprint density at radius 3 is 2.49 bits per heavy atom. The average molecular weight is 534 g/mol. The van der Waals surface area contributed by atoms with Crippen LogP contribution in [0.1, 0.15) is 61.3 Å². The predicted octanol–water partition coefficient (Wildman–Crippen LogP) is 4.00. The van der Waals surface area contributed by atoms with Crippen LogP contribution in [-0.4, -0.2) is 66.2 Å². The van der Waals surface area contributed by atoms with E-state index < -0.39 is 16.9 Å². The number of ether oxygens (including phenoxy) is 1. The summed E-state index contributed by atoms with van der Waals surface area (Å²) in [4.78, 5) is 44.2. The Morgan fingerprint density at radius 2 is 1.82 bits per heavy atom. The molecule has 2 N–H and O–H groups in total. The fraction of sp³-hybridized carbons (Fsp3) is 0.531. The van der Waals surface area contributed by atoms with Crippen LogP contribution in [0.2, 0.25) is 0 Å². The van der Waals surface area contributed by atoms with E-state index in [2.05, 4.69) is 31.2 Å². The lowest BCUT2D eigenvalue weighted by Gasteiger charge is -2.43. The minimum absolute atomic E-state index is 0.00608. The second kappa shape index (κ2) is 11.6. The summed E-state index contributed by atoms with van der Waals surface area (Å²) < 4.78 is 6.03. The highest BCUT2D eigenvalue weighted by Crippen LogP contribution is 2.49. The number of Topliss-reactive ketones (excluding diaryl/α,β-unsaturated/α-hetero) is 1. The number of hydrogen-bond donors (Lipinski definition) is 1. The number of aryl methyl sites for hydroxylation is 2. The van der Waals surface area contributed by atoms with E-state index in [9.17, 15) is 14.4 Å². The van der Waals surface area contributed by atoms with Crippen LogP contribution in [0.25, 0.3) is 0 Å². The van der Waals surface area contributed by atoms with Crippen LogP contribution in [0.15, 0.2) is 48.5 Å². The lowest BCUT2D eigenvalue weighted by molar-refractivity contribution is -0.148. The highest BCUT2D eigenvalue weighted by Gasteiger charge is 2.55. The van der Waals surface area contributed by atoms with Gasteiger partial charge in [0.15, 0.2) is 5.78 Å². The fourth-order valence-corrected chi connectivity index (χ4v) is 6.06. The number of carbonyl (C=O) groups is 3. The van der Waals surface area contributed by atoms with E-state index in [-0.39, 0.29) is 36.5 Å². The summed E-state index contributed by atoms with van der Waals surface area (Å²) in [6, 6.07) is 16.3. The largest absolute Gasteiger partial charge is 0.376 e. The topological polar surface area (TPSA) is 92.9 Å². The van der Waals surface area contributed by atoms with E-state index in [0.29, 0.717) is 26.2 Å². The molecule has 1 spiro atoms. The number of carbonyl (C=O) groups excluding carboxylic acids is 3. The van der Waals surface area contributed by atoms with Gasteiger partial charge in [0.25, 0.3) is 0 Å². The van der Waals surface area contributed by atoms with E-state index in [0.717, 1.165) is 29.5 Å². The van der Waals surface area contributed by atoms with E-state index >= 15 is 0 Å². The molecular formula is C32H43N3O4. The molecule has 2 amide bonds. The number of rotatable bonds is 9. The zero-order valence-electron chi connectivity index (χ0n) is 24.0. The lowest BCUT2D eigenvalue weighted by Crippen LogP contribution is -2.53. The average Bonchev–Trinajstić information content (AvgIpc) is 3.13. The van der Waals surface area contributed by atoms with Crippen molar-refractivity contribution in [2.24, 2.45) is 17.1 Å². The van der Waals surface area contributed by atoms with Gasteiger partial charge in [-0.1, -0.05) is 54.1 Å². The molecule has 2 aliphatic rings. The quantitative estimate of drug-likeness (QED) is 0.526. The Bertz CT molecular complexity index is 1200. The molecule has 2 unspecified atom stereocenters. The summed E-state index contributed by atoms with van der Waals surface area (Å²) in [5.74, 6) is -0.877. The van der Waals surface area contributed by atoms with Gasteiger partial charge in [-0.15, -0.1) is 0 Å². The highest BCUT2D eigenvalue weighted by atomic mass is 16.5. The van der Waals surface area contributed by atoms with E-state index in [1.165, 1.54) is 5.56 Å². The van der Waals surface area contributed by atoms with E-state index in [1.807, 2.05) is 43.1 Å². The number of piperidine rings is 1. The molecule has 2 aromatic rings. The molecule has 3 atom stereocenters. The third kappa shape index (κ3) is 6.25. The van der Waals surface area contributed by atoms with Gasteiger partial charge in [-0.2, -0.15) is 0 Å². The summed E-state index contributed by atoms with van der Waals surface area (Å²) in [5, 5.41) is 0. The van der Waals surface area contributed by atoms with Gasteiger partial charge in [-0.05, 0) is 57.2 Å². The molecule has 0 saturated carbocycles. The molecule has 210 valence electrons. The number of nitrogens with two attached hydrogens (primary N) is 1. The molecule has 7 heteroatoms. The Labute approximate surface area is 232 Å². The number of amides is 2. The van der Waals surface area contributed by atoms with Crippen LogP contribution in [0.4, 0.5) is 0 Å². The van der Waals surface area contributed by atoms with Gasteiger partial charge in [-0.3, -0.25) is 14.4 Å². The standard InChI is InChI=1S/C32H43N3O4/c1-22-11-13-24(14-12-22)27-18-34(5)30(38)32(27)15-8-16-35(21-32)29(37)26(17-28(36)31(3,4)33)20-39-19-25-10-7-6-9-23(25)2/h6-7,9-14,26-27H,8,15-21,33H2,1-5H3/t26-,27?,32?/m1/s1. The van der Waals surface area contributed by atoms with Crippen molar-refractivity contribution in [1.29, 1.82) is 0 Å². The Kier molecular flexibility index (Phi) is 8.62. The second-order valence-electron chi connectivity index (χ2n) is 12.2. The van der Waals surface area contributed by atoms with Crippen molar-refractivity contribution in [3.8, 4) is 0 Å². The van der Waals surface area contributed by atoms with Crippen LogP contribution in [0.5, 0.6) is 0 Å². The highest BCUT2D eigenvalue weighted by molar-refractivity contribution is 5.92. The summed E-state index contributed by atoms with van der Waals surface area (Å²) >= 11 is 0. The molecule has 2 saturated heterocycles. The monoisotopic (exact) mass is 533 g/mol.